The lowest BCUT2D eigenvalue weighted by Crippen LogP contribution is -2.54. The Labute approximate surface area is 121 Å². The zero-order chi connectivity index (χ0) is 14.2. The maximum absolute atomic E-state index is 12.3. The summed E-state index contributed by atoms with van der Waals surface area (Å²) in [6.07, 6.45) is 0.310. The number of rotatable bonds is 2. The zero-order valence-corrected chi connectivity index (χ0v) is 12.2. The van der Waals surface area contributed by atoms with Crippen molar-refractivity contribution >= 4 is 40.8 Å². The quantitative estimate of drug-likeness (QED) is 0.838. The first-order chi connectivity index (χ1) is 8.91. The molecule has 0 radical (unpaired) electrons. The van der Waals surface area contributed by atoms with Gasteiger partial charge in [0.2, 0.25) is 5.91 Å². The molecule has 0 atom stereocenters. The monoisotopic (exact) mass is 300 g/mol. The fourth-order valence-corrected chi connectivity index (χ4v) is 2.31. The van der Waals surface area contributed by atoms with Gasteiger partial charge < -0.3 is 4.90 Å². The Bertz CT molecular complexity index is 531. The van der Waals surface area contributed by atoms with Crippen molar-refractivity contribution in [3.8, 4) is 0 Å². The van der Waals surface area contributed by atoms with Gasteiger partial charge in [-0.1, -0.05) is 23.2 Å². The Hall–Kier alpha value is -1.26. The highest BCUT2D eigenvalue weighted by molar-refractivity contribution is 6.42. The number of carbonyl (C=O) groups is 2. The van der Waals surface area contributed by atoms with Gasteiger partial charge in [-0.2, -0.15) is 0 Å². The molecule has 0 aromatic heterocycles. The summed E-state index contributed by atoms with van der Waals surface area (Å²) in [7, 11) is 0. The molecule has 1 aromatic carbocycles. The van der Waals surface area contributed by atoms with E-state index in [0.29, 0.717) is 28.7 Å². The summed E-state index contributed by atoms with van der Waals surface area (Å²) in [5.41, 5.74) is 0.453. The fourth-order valence-electron chi connectivity index (χ4n) is 2.02. The first-order valence-corrected chi connectivity index (χ1v) is 6.76. The van der Waals surface area contributed by atoms with Crippen LogP contribution >= 0.6 is 23.2 Å². The van der Waals surface area contributed by atoms with Gasteiger partial charge >= 0.3 is 6.03 Å². The van der Waals surface area contributed by atoms with Crippen molar-refractivity contribution in [3.63, 3.8) is 0 Å². The Morgan fingerprint density at radius 1 is 1.16 bits per heavy atom. The standard InChI is InChI=1S/C13H14Cl2N2O2/c1-8(2)16-6-5-12(18)17(13(16)19)9-3-4-10(14)11(15)7-9/h3-4,7-8H,5-6H2,1-2H3. The van der Waals surface area contributed by atoms with Gasteiger partial charge in [-0.15, -0.1) is 0 Å². The molecular weight excluding hydrogens is 287 g/mol. The predicted molar refractivity (Wildman–Crippen MR) is 75.8 cm³/mol. The molecule has 1 aliphatic rings. The molecule has 0 bridgehead atoms. The fraction of sp³-hybridized carbons (Fsp3) is 0.385. The second-order valence-corrected chi connectivity index (χ2v) is 5.46. The second-order valence-electron chi connectivity index (χ2n) is 4.65. The minimum Gasteiger partial charge on any atom is -0.321 e. The summed E-state index contributed by atoms with van der Waals surface area (Å²) in [6.45, 7) is 4.29. The third kappa shape index (κ3) is 2.69. The molecule has 1 heterocycles. The van der Waals surface area contributed by atoms with Crippen LogP contribution in [0.2, 0.25) is 10.0 Å². The molecule has 3 amide bonds. The van der Waals surface area contributed by atoms with Gasteiger partial charge in [-0.05, 0) is 32.0 Å². The van der Waals surface area contributed by atoms with Crippen LogP contribution in [0.1, 0.15) is 20.3 Å². The van der Waals surface area contributed by atoms with Crippen LogP contribution in [0.3, 0.4) is 0 Å². The molecular formula is C13H14Cl2N2O2. The predicted octanol–water partition coefficient (Wildman–Crippen LogP) is 3.56. The van der Waals surface area contributed by atoms with Crippen LogP contribution in [0, 0.1) is 0 Å². The number of benzene rings is 1. The maximum atomic E-state index is 12.3. The van der Waals surface area contributed by atoms with E-state index in [2.05, 4.69) is 0 Å². The highest BCUT2D eigenvalue weighted by Gasteiger charge is 2.34. The second kappa shape index (κ2) is 5.39. The van der Waals surface area contributed by atoms with Crippen molar-refractivity contribution in [1.82, 2.24) is 4.90 Å². The Balaban J connectivity index is 2.37. The lowest BCUT2D eigenvalue weighted by atomic mass is 10.2. The van der Waals surface area contributed by atoms with Crippen LogP contribution in [-0.2, 0) is 4.79 Å². The first-order valence-electron chi connectivity index (χ1n) is 6.00. The smallest absolute Gasteiger partial charge is 0.321 e. The van der Waals surface area contributed by atoms with Gasteiger partial charge in [0.1, 0.15) is 0 Å². The molecule has 1 aromatic rings. The summed E-state index contributed by atoms with van der Waals surface area (Å²) >= 11 is 11.8. The van der Waals surface area contributed by atoms with Crippen LogP contribution in [-0.4, -0.2) is 29.4 Å². The van der Waals surface area contributed by atoms with E-state index in [1.165, 1.54) is 6.07 Å². The molecule has 2 rings (SSSR count). The molecule has 0 unspecified atom stereocenters. The van der Waals surface area contributed by atoms with Crippen molar-refractivity contribution in [2.75, 3.05) is 11.4 Å². The summed E-state index contributed by atoms with van der Waals surface area (Å²) < 4.78 is 0. The van der Waals surface area contributed by atoms with Crippen molar-refractivity contribution < 1.29 is 9.59 Å². The van der Waals surface area contributed by atoms with Crippen molar-refractivity contribution in [2.24, 2.45) is 0 Å². The Morgan fingerprint density at radius 3 is 2.42 bits per heavy atom. The van der Waals surface area contributed by atoms with Crippen LogP contribution in [0.5, 0.6) is 0 Å². The number of carbonyl (C=O) groups excluding carboxylic acids is 2. The van der Waals surface area contributed by atoms with Gasteiger partial charge in [0.15, 0.2) is 0 Å². The SMILES string of the molecule is CC(C)N1CCC(=O)N(c2ccc(Cl)c(Cl)c2)C1=O. The van der Waals surface area contributed by atoms with Crippen molar-refractivity contribution in [2.45, 2.75) is 26.3 Å². The molecule has 1 fully saturated rings. The minimum absolute atomic E-state index is 0.0471. The van der Waals surface area contributed by atoms with E-state index in [4.69, 9.17) is 23.2 Å². The van der Waals surface area contributed by atoms with E-state index in [9.17, 15) is 9.59 Å². The molecule has 1 saturated heterocycles. The average Bonchev–Trinajstić information content (AvgIpc) is 2.33. The third-order valence-electron chi connectivity index (χ3n) is 3.04. The van der Waals surface area contributed by atoms with Gasteiger partial charge in [0, 0.05) is 19.0 Å². The minimum atomic E-state index is -0.315. The number of anilines is 1. The summed E-state index contributed by atoms with van der Waals surface area (Å²) in [5.74, 6) is -0.222. The van der Waals surface area contributed by atoms with Crippen molar-refractivity contribution in [1.29, 1.82) is 0 Å². The number of halogens is 2. The number of urea groups is 1. The molecule has 0 aliphatic carbocycles. The number of hydrogen-bond acceptors (Lipinski definition) is 2. The average molecular weight is 301 g/mol. The van der Waals surface area contributed by atoms with Gasteiger partial charge in [0.25, 0.3) is 0 Å². The zero-order valence-electron chi connectivity index (χ0n) is 10.7. The van der Waals surface area contributed by atoms with Crippen molar-refractivity contribution in [3.05, 3.63) is 28.2 Å². The summed E-state index contributed by atoms with van der Waals surface area (Å²) in [4.78, 5) is 27.1. The van der Waals surface area contributed by atoms with E-state index in [0.717, 1.165) is 4.90 Å². The van der Waals surface area contributed by atoms with Gasteiger partial charge in [0.05, 0.1) is 15.7 Å². The number of imide groups is 1. The summed E-state index contributed by atoms with van der Waals surface area (Å²) in [6, 6.07) is 4.46. The molecule has 4 nitrogen and oxygen atoms in total. The Kier molecular flexibility index (Phi) is 4.02. The van der Waals surface area contributed by atoms with Gasteiger partial charge in [-0.25, -0.2) is 9.69 Å². The van der Waals surface area contributed by atoms with Crippen LogP contribution in [0.15, 0.2) is 18.2 Å². The maximum Gasteiger partial charge on any atom is 0.331 e. The molecule has 102 valence electrons. The van der Waals surface area contributed by atoms with Gasteiger partial charge in [-0.3, -0.25) is 4.79 Å². The van der Waals surface area contributed by atoms with E-state index >= 15 is 0 Å². The third-order valence-corrected chi connectivity index (χ3v) is 3.78. The molecule has 1 aliphatic heterocycles. The number of amides is 3. The largest absolute Gasteiger partial charge is 0.331 e. The normalized spacial score (nSPS) is 16.5. The lowest BCUT2D eigenvalue weighted by molar-refractivity contribution is -0.119. The number of hydrogen-bond donors (Lipinski definition) is 0. The molecule has 0 spiro atoms. The van der Waals surface area contributed by atoms with E-state index in [1.54, 1.807) is 17.0 Å². The molecule has 0 N–H and O–H groups in total. The number of nitrogens with zero attached hydrogens (tertiary/aromatic N) is 2. The topological polar surface area (TPSA) is 40.6 Å². The molecule has 0 saturated carbocycles. The van der Waals surface area contributed by atoms with Crippen LogP contribution in [0.4, 0.5) is 10.5 Å². The molecule has 19 heavy (non-hydrogen) atoms. The lowest BCUT2D eigenvalue weighted by Gasteiger charge is -2.36. The summed E-state index contributed by atoms with van der Waals surface area (Å²) in [5, 5.41) is 0.712. The van der Waals surface area contributed by atoms with E-state index in [1.807, 2.05) is 13.8 Å². The van der Waals surface area contributed by atoms with E-state index in [-0.39, 0.29) is 18.0 Å². The molecule has 6 heteroatoms. The highest BCUT2D eigenvalue weighted by Crippen LogP contribution is 2.29. The first kappa shape index (κ1) is 14.2. The van der Waals surface area contributed by atoms with Crippen LogP contribution < -0.4 is 4.90 Å². The van der Waals surface area contributed by atoms with E-state index < -0.39 is 0 Å². The Morgan fingerprint density at radius 2 is 1.84 bits per heavy atom. The van der Waals surface area contributed by atoms with Crippen LogP contribution in [0.25, 0.3) is 0 Å². The highest BCUT2D eigenvalue weighted by atomic mass is 35.5.